The monoisotopic (exact) mass is 265 g/mol. The SMILES string of the molecule is CCN1CCN(C(=O)NCc2cccc(F)c2)CC1. The van der Waals surface area contributed by atoms with Gasteiger partial charge >= 0.3 is 6.03 Å². The summed E-state index contributed by atoms with van der Waals surface area (Å²) in [6.07, 6.45) is 0. The highest BCUT2D eigenvalue weighted by Gasteiger charge is 2.19. The molecule has 2 amide bonds. The van der Waals surface area contributed by atoms with E-state index >= 15 is 0 Å². The molecule has 0 bridgehead atoms. The second-order valence-corrected chi connectivity index (χ2v) is 4.71. The van der Waals surface area contributed by atoms with Gasteiger partial charge in [0, 0.05) is 32.7 Å². The molecule has 2 rings (SSSR count). The molecule has 1 N–H and O–H groups in total. The lowest BCUT2D eigenvalue weighted by Crippen LogP contribution is -2.51. The maximum Gasteiger partial charge on any atom is 0.317 e. The van der Waals surface area contributed by atoms with Gasteiger partial charge in [0.05, 0.1) is 0 Å². The highest BCUT2D eigenvalue weighted by atomic mass is 19.1. The van der Waals surface area contributed by atoms with Gasteiger partial charge < -0.3 is 15.1 Å². The van der Waals surface area contributed by atoms with Crippen LogP contribution < -0.4 is 5.32 Å². The Morgan fingerprint density at radius 2 is 2.05 bits per heavy atom. The van der Waals surface area contributed by atoms with Crippen LogP contribution in [0.1, 0.15) is 12.5 Å². The predicted molar refractivity (Wildman–Crippen MR) is 72.3 cm³/mol. The van der Waals surface area contributed by atoms with E-state index in [2.05, 4.69) is 17.1 Å². The third-order valence-electron chi connectivity index (χ3n) is 3.44. The molecule has 1 aromatic rings. The van der Waals surface area contributed by atoms with Gasteiger partial charge in [-0.25, -0.2) is 9.18 Å². The van der Waals surface area contributed by atoms with Crippen molar-refractivity contribution in [3.05, 3.63) is 35.6 Å². The van der Waals surface area contributed by atoms with Crippen molar-refractivity contribution >= 4 is 6.03 Å². The van der Waals surface area contributed by atoms with Crippen LogP contribution in [0.5, 0.6) is 0 Å². The average Bonchev–Trinajstić information content (AvgIpc) is 2.45. The Labute approximate surface area is 113 Å². The zero-order chi connectivity index (χ0) is 13.7. The highest BCUT2D eigenvalue weighted by Crippen LogP contribution is 2.05. The van der Waals surface area contributed by atoms with Crippen molar-refractivity contribution in [3.8, 4) is 0 Å². The molecular weight excluding hydrogens is 245 g/mol. The molecule has 1 aliphatic rings. The van der Waals surface area contributed by atoms with E-state index in [1.54, 1.807) is 12.1 Å². The first-order valence-electron chi connectivity index (χ1n) is 6.68. The van der Waals surface area contributed by atoms with Crippen molar-refractivity contribution in [2.45, 2.75) is 13.5 Å². The van der Waals surface area contributed by atoms with E-state index in [9.17, 15) is 9.18 Å². The summed E-state index contributed by atoms with van der Waals surface area (Å²) in [6.45, 7) is 6.86. The Morgan fingerprint density at radius 3 is 2.68 bits per heavy atom. The lowest BCUT2D eigenvalue weighted by atomic mass is 10.2. The summed E-state index contributed by atoms with van der Waals surface area (Å²) in [5, 5.41) is 2.83. The fraction of sp³-hybridized carbons (Fsp3) is 0.500. The minimum absolute atomic E-state index is 0.0694. The molecule has 104 valence electrons. The molecule has 1 fully saturated rings. The van der Waals surface area contributed by atoms with Gasteiger partial charge in [0.2, 0.25) is 0 Å². The third-order valence-corrected chi connectivity index (χ3v) is 3.44. The van der Waals surface area contributed by atoms with Gasteiger partial charge in [0.25, 0.3) is 0 Å². The Balaban J connectivity index is 1.79. The second kappa shape index (κ2) is 6.52. The molecule has 1 aromatic carbocycles. The molecule has 0 spiro atoms. The number of piperazine rings is 1. The summed E-state index contributed by atoms with van der Waals surface area (Å²) in [7, 11) is 0. The molecular formula is C14H20FN3O. The first kappa shape index (κ1) is 13.8. The van der Waals surface area contributed by atoms with Crippen molar-refractivity contribution in [3.63, 3.8) is 0 Å². The molecule has 19 heavy (non-hydrogen) atoms. The number of nitrogens with zero attached hydrogens (tertiary/aromatic N) is 2. The summed E-state index contributed by atoms with van der Waals surface area (Å²) < 4.78 is 13.0. The maximum atomic E-state index is 13.0. The number of urea groups is 1. The molecule has 0 saturated carbocycles. The molecule has 4 nitrogen and oxygen atoms in total. The fourth-order valence-corrected chi connectivity index (χ4v) is 2.20. The van der Waals surface area contributed by atoms with E-state index in [4.69, 9.17) is 0 Å². The number of amides is 2. The normalized spacial score (nSPS) is 16.4. The van der Waals surface area contributed by atoms with E-state index in [-0.39, 0.29) is 11.8 Å². The minimum Gasteiger partial charge on any atom is -0.334 e. The second-order valence-electron chi connectivity index (χ2n) is 4.71. The third kappa shape index (κ3) is 3.92. The number of hydrogen-bond acceptors (Lipinski definition) is 2. The summed E-state index contributed by atoms with van der Waals surface area (Å²) in [5.41, 5.74) is 0.778. The molecule has 1 aliphatic heterocycles. The first-order valence-corrected chi connectivity index (χ1v) is 6.68. The number of carbonyl (C=O) groups is 1. The Hall–Kier alpha value is -1.62. The number of nitrogens with one attached hydrogen (secondary N) is 1. The van der Waals surface area contributed by atoms with Gasteiger partial charge in [-0.2, -0.15) is 0 Å². The van der Waals surface area contributed by atoms with Crippen LogP contribution in [0.15, 0.2) is 24.3 Å². The number of benzene rings is 1. The number of likely N-dealkylation sites (N-methyl/N-ethyl adjacent to an activating group) is 1. The highest BCUT2D eigenvalue weighted by molar-refractivity contribution is 5.74. The van der Waals surface area contributed by atoms with Gasteiger partial charge in [0.1, 0.15) is 5.82 Å². The lowest BCUT2D eigenvalue weighted by Gasteiger charge is -2.34. The topological polar surface area (TPSA) is 35.6 Å². The zero-order valence-corrected chi connectivity index (χ0v) is 11.2. The van der Waals surface area contributed by atoms with Crippen LogP contribution >= 0.6 is 0 Å². The predicted octanol–water partition coefficient (Wildman–Crippen LogP) is 1.67. The Morgan fingerprint density at radius 1 is 1.32 bits per heavy atom. The minimum atomic E-state index is -0.275. The van der Waals surface area contributed by atoms with E-state index in [0.717, 1.165) is 38.3 Å². The molecule has 1 saturated heterocycles. The number of halogens is 1. The molecule has 0 aromatic heterocycles. The van der Waals surface area contributed by atoms with Crippen LogP contribution in [0.25, 0.3) is 0 Å². The standard InChI is InChI=1S/C14H20FN3O/c1-2-17-6-8-18(9-7-17)14(19)16-11-12-4-3-5-13(15)10-12/h3-5,10H,2,6-9,11H2,1H3,(H,16,19). The smallest absolute Gasteiger partial charge is 0.317 e. The Bertz CT molecular complexity index is 430. The van der Waals surface area contributed by atoms with Crippen molar-refractivity contribution in [1.82, 2.24) is 15.1 Å². The van der Waals surface area contributed by atoms with E-state index in [1.807, 2.05) is 4.90 Å². The molecule has 1 heterocycles. The number of rotatable bonds is 3. The van der Waals surface area contributed by atoms with Crippen molar-refractivity contribution in [2.75, 3.05) is 32.7 Å². The summed E-state index contributed by atoms with van der Waals surface area (Å²) >= 11 is 0. The van der Waals surface area contributed by atoms with Crippen LogP contribution in [0, 0.1) is 5.82 Å². The molecule has 0 radical (unpaired) electrons. The van der Waals surface area contributed by atoms with E-state index in [0.29, 0.717) is 6.54 Å². The zero-order valence-electron chi connectivity index (χ0n) is 11.2. The van der Waals surface area contributed by atoms with Crippen LogP contribution in [0.2, 0.25) is 0 Å². The van der Waals surface area contributed by atoms with Crippen LogP contribution in [0.4, 0.5) is 9.18 Å². The Kier molecular flexibility index (Phi) is 4.74. The fourth-order valence-electron chi connectivity index (χ4n) is 2.20. The number of carbonyl (C=O) groups excluding carboxylic acids is 1. The average molecular weight is 265 g/mol. The van der Waals surface area contributed by atoms with Gasteiger partial charge in [-0.05, 0) is 24.2 Å². The summed E-state index contributed by atoms with van der Waals surface area (Å²) in [6, 6.07) is 6.22. The van der Waals surface area contributed by atoms with Crippen LogP contribution in [-0.2, 0) is 6.54 Å². The van der Waals surface area contributed by atoms with Crippen LogP contribution in [-0.4, -0.2) is 48.6 Å². The lowest BCUT2D eigenvalue weighted by molar-refractivity contribution is 0.142. The van der Waals surface area contributed by atoms with E-state index in [1.165, 1.54) is 12.1 Å². The summed E-state index contributed by atoms with van der Waals surface area (Å²) in [4.78, 5) is 16.1. The van der Waals surface area contributed by atoms with Crippen molar-refractivity contribution in [2.24, 2.45) is 0 Å². The van der Waals surface area contributed by atoms with Gasteiger partial charge in [-0.3, -0.25) is 0 Å². The van der Waals surface area contributed by atoms with Crippen molar-refractivity contribution < 1.29 is 9.18 Å². The van der Waals surface area contributed by atoms with Crippen LogP contribution in [0.3, 0.4) is 0 Å². The maximum absolute atomic E-state index is 13.0. The molecule has 5 heteroatoms. The van der Waals surface area contributed by atoms with Gasteiger partial charge in [0.15, 0.2) is 0 Å². The van der Waals surface area contributed by atoms with Gasteiger partial charge in [-0.1, -0.05) is 19.1 Å². The largest absolute Gasteiger partial charge is 0.334 e. The van der Waals surface area contributed by atoms with Crippen molar-refractivity contribution in [1.29, 1.82) is 0 Å². The van der Waals surface area contributed by atoms with Gasteiger partial charge in [-0.15, -0.1) is 0 Å². The number of hydrogen-bond donors (Lipinski definition) is 1. The molecule has 0 aliphatic carbocycles. The quantitative estimate of drug-likeness (QED) is 0.902. The first-order chi connectivity index (χ1) is 9.19. The molecule has 0 atom stereocenters. The molecule has 0 unspecified atom stereocenters. The van der Waals surface area contributed by atoms with E-state index < -0.39 is 0 Å². The summed E-state index contributed by atoms with van der Waals surface area (Å²) in [5.74, 6) is -0.275.